The van der Waals surface area contributed by atoms with Crippen molar-refractivity contribution in [2.75, 3.05) is 0 Å². The average Bonchev–Trinajstić information content (AvgIpc) is 2.58. The van der Waals surface area contributed by atoms with Crippen LogP contribution in [0, 0.1) is 5.92 Å². The minimum absolute atomic E-state index is 0.186. The molecule has 0 atom stereocenters. The van der Waals surface area contributed by atoms with Crippen LogP contribution in [0.5, 0.6) is 0 Å². The fraction of sp³-hybridized carbons (Fsp3) is 0.588. The monoisotopic (exact) mass is 288 g/mol. The molecule has 1 aromatic rings. The predicted octanol–water partition coefficient (Wildman–Crippen LogP) is 3.21. The van der Waals surface area contributed by atoms with Gasteiger partial charge in [0.2, 0.25) is 0 Å². The first-order valence-electron chi connectivity index (χ1n) is 7.61. The summed E-state index contributed by atoms with van der Waals surface area (Å²) in [5, 5.41) is 0. The van der Waals surface area contributed by atoms with Gasteiger partial charge in [-0.25, -0.2) is 0 Å². The van der Waals surface area contributed by atoms with Crippen LogP contribution < -0.4 is 5.46 Å². The molecule has 0 saturated carbocycles. The van der Waals surface area contributed by atoms with E-state index in [-0.39, 0.29) is 24.1 Å². The van der Waals surface area contributed by atoms with Crippen LogP contribution in [0.25, 0.3) is 0 Å². The van der Waals surface area contributed by atoms with Gasteiger partial charge in [0, 0.05) is 12.0 Å². The standard InChI is InChI=1S/C17H25BO3/c1-12(2)11-15(19)13-7-9-14(10-8-13)18-20-16(3,4)17(5,6)21-18/h7-10,12H,11H2,1-6H3. The molecule has 0 bridgehead atoms. The summed E-state index contributed by atoms with van der Waals surface area (Å²) in [6, 6.07) is 7.58. The van der Waals surface area contributed by atoms with Gasteiger partial charge in [0.1, 0.15) is 0 Å². The van der Waals surface area contributed by atoms with Crippen molar-refractivity contribution in [1.82, 2.24) is 0 Å². The first-order chi connectivity index (χ1) is 9.62. The summed E-state index contributed by atoms with van der Waals surface area (Å²) in [4.78, 5) is 12.0. The Kier molecular flexibility index (Phi) is 4.32. The number of hydrogen-bond acceptors (Lipinski definition) is 3. The fourth-order valence-electron chi connectivity index (χ4n) is 2.29. The molecule has 1 fully saturated rings. The molecule has 0 amide bonds. The van der Waals surface area contributed by atoms with Crippen molar-refractivity contribution in [1.29, 1.82) is 0 Å². The molecule has 114 valence electrons. The molecule has 21 heavy (non-hydrogen) atoms. The lowest BCUT2D eigenvalue weighted by Gasteiger charge is -2.32. The molecule has 1 saturated heterocycles. The normalized spacial score (nSPS) is 20.0. The van der Waals surface area contributed by atoms with E-state index >= 15 is 0 Å². The van der Waals surface area contributed by atoms with Gasteiger partial charge in [0.15, 0.2) is 5.78 Å². The lowest BCUT2D eigenvalue weighted by atomic mass is 9.78. The van der Waals surface area contributed by atoms with Gasteiger partial charge in [0.25, 0.3) is 0 Å². The maximum absolute atomic E-state index is 12.0. The molecule has 0 N–H and O–H groups in total. The van der Waals surface area contributed by atoms with Gasteiger partial charge in [-0.1, -0.05) is 38.1 Å². The second kappa shape index (κ2) is 5.58. The third kappa shape index (κ3) is 3.38. The van der Waals surface area contributed by atoms with Crippen LogP contribution in [0.3, 0.4) is 0 Å². The maximum Gasteiger partial charge on any atom is 0.494 e. The van der Waals surface area contributed by atoms with Crippen molar-refractivity contribution in [3.05, 3.63) is 29.8 Å². The van der Waals surface area contributed by atoms with Crippen molar-refractivity contribution in [2.24, 2.45) is 5.92 Å². The third-order valence-electron chi connectivity index (χ3n) is 4.35. The highest BCUT2D eigenvalue weighted by Gasteiger charge is 2.51. The van der Waals surface area contributed by atoms with Crippen molar-refractivity contribution in [2.45, 2.75) is 59.2 Å². The molecule has 0 spiro atoms. The van der Waals surface area contributed by atoms with Crippen LogP contribution in [-0.2, 0) is 9.31 Å². The predicted molar refractivity (Wildman–Crippen MR) is 85.9 cm³/mol. The number of carbonyl (C=O) groups excluding carboxylic acids is 1. The Bertz CT molecular complexity index is 501. The highest BCUT2D eigenvalue weighted by Crippen LogP contribution is 2.36. The van der Waals surface area contributed by atoms with E-state index in [1.807, 2.05) is 52.0 Å². The van der Waals surface area contributed by atoms with Gasteiger partial charge < -0.3 is 9.31 Å². The SMILES string of the molecule is CC(C)CC(=O)c1ccc(B2OC(C)(C)C(C)(C)O2)cc1. The smallest absolute Gasteiger partial charge is 0.399 e. The third-order valence-corrected chi connectivity index (χ3v) is 4.35. The summed E-state index contributed by atoms with van der Waals surface area (Å²) >= 11 is 0. The van der Waals surface area contributed by atoms with Gasteiger partial charge in [-0.2, -0.15) is 0 Å². The number of hydrogen-bond donors (Lipinski definition) is 0. The van der Waals surface area contributed by atoms with Gasteiger partial charge in [-0.15, -0.1) is 0 Å². The van der Waals surface area contributed by atoms with E-state index in [2.05, 4.69) is 13.8 Å². The van der Waals surface area contributed by atoms with Crippen LogP contribution in [-0.4, -0.2) is 24.1 Å². The molecular weight excluding hydrogens is 263 g/mol. The molecular formula is C17H25BO3. The van der Waals surface area contributed by atoms with Crippen molar-refractivity contribution in [3.8, 4) is 0 Å². The van der Waals surface area contributed by atoms with Gasteiger partial charge in [0.05, 0.1) is 11.2 Å². The summed E-state index contributed by atoms with van der Waals surface area (Å²) in [6.45, 7) is 12.2. The Labute approximate surface area is 128 Å². The summed E-state index contributed by atoms with van der Waals surface area (Å²) in [6.07, 6.45) is 0.579. The molecule has 4 heteroatoms. The quantitative estimate of drug-likeness (QED) is 0.630. The molecule has 0 aliphatic carbocycles. The van der Waals surface area contributed by atoms with E-state index < -0.39 is 0 Å². The molecule has 0 aromatic heterocycles. The molecule has 1 aliphatic rings. The van der Waals surface area contributed by atoms with E-state index in [1.54, 1.807) is 0 Å². The van der Waals surface area contributed by atoms with Crippen LogP contribution in [0.15, 0.2) is 24.3 Å². The van der Waals surface area contributed by atoms with Gasteiger partial charge in [-0.05, 0) is 39.1 Å². The number of carbonyl (C=O) groups is 1. The van der Waals surface area contributed by atoms with Crippen LogP contribution in [0.1, 0.15) is 58.3 Å². The molecule has 2 rings (SSSR count). The highest BCUT2D eigenvalue weighted by molar-refractivity contribution is 6.62. The average molecular weight is 288 g/mol. The molecule has 1 aromatic carbocycles. The van der Waals surface area contributed by atoms with E-state index in [1.165, 1.54) is 0 Å². The van der Waals surface area contributed by atoms with Crippen LogP contribution in [0.4, 0.5) is 0 Å². The number of Topliss-reactive ketones (excluding diaryl/α,β-unsaturated/α-hetero) is 1. The molecule has 1 heterocycles. The van der Waals surface area contributed by atoms with Crippen molar-refractivity contribution >= 4 is 18.4 Å². The Morgan fingerprint density at radius 2 is 1.52 bits per heavy atom. The van der Waals surface area contributed by atoms with Crippen LogP contribution in [0.2, 0.25) is 0 Å². The Hall–Kier alpha value is -1.13. The second-order valence-corrected chi connectivity index (χ2v) is 7.23. The highest BCUT2D eigenvalue weighted by atomic mass is 16.7. The Morgan fingerprint density at radius 1 is 1.05 bits per heavy atom. The van der Waals surface area contributed by atoms with Crippen molar-refractivity contribution < 1.29 is 14.1 Å². The largest absolute Gasteiger partial charge is 0.494 e. The first kappa shape index (κ1) is 16.2. The van der Waals surface area contributed by atoms with Crippen molar-refractivity contribution in [3.63, 3.8) is 0 Å². The van der Waals surface area contributed by atoms with E-state index in [9.17, 15) is 4.79 Å². The Balaban J connectivity index is 2.12. The summed E-state index contributed by atoms with van der Waals surface area (Å²) < 4.78 is 12.0. The molecule has 1 aliphatic heterocycles. The van der Waals surface area contributed by atoms with E-state index in [0.29, 0.717) is 12.3 Å². The second-order valence-electron chi connectivity index (χ2n) is 7.23. The zero-order valence-electron chi connectivity index (χ0n) is 13.9. The number of benzene rings is 1. The zero-order chi connectivity index (χ0) is 15.8. The lowest BCUT2D eigenvalue weighted by molar-refractivity contribution is 0.00578. The Morgan fingerprint density at radius 3 is 1.95 bits per heavy atom. The summed E-state index contributed by atoms with van der Waals surface area (Å²) in [5.41, 5.74) is 1.02. The first-order valence-corrected chi connectivity index (χ1v) is 7.61. The fourth-order valence-corrected chi connectivity index (χ4v) is 2.29. The van der Waals surface area contributed by atoms with Crippen LogP contribution >= 0.6 is 0 Å². The molecule has 0 radical (unpaired) electrons. The van der Waals surface area contributed by atoms with E-state index in [0.717, 1.165) is 11.0 Å². The maximum atomic E-state index is 12.0. The minimum Gasteiger partial charge on any atom is -0.399 e. The summed E-state index contributed by atoms with van der Waals surface area (Å²) in [5.74, 6) is 0.561. The summed E-state index contributed by atoms with van der Waals surface area (Å²) in [7, 11) is -0.371. The van der Waals surface area contributed by atoms with Gasteiger partial charge in [-0.3, -0.25) is 4.79 Å². The number of rotatable bonds is 4. The molecule has 0 unspecified atom stereocenters. The zero-order valence-corrected chi connectivity index (χ0v) is 13.9. The minimum atomic E-state index is -0.371. The number of ketones is 1. The topological polar surface area (TPSA) is 35.5 Å². The van der Waals surface area contributed by atoms with E-state index in [4.69, 9.17) is 9.31 Å². The lowest BCUT2D eigenvalue weighted by Crippen LogP contribution is -2.41. The van der Waals surface area contributed by atoms with Gasteiger partial charge >= 0.3 is 7.12 Å². The molecule has 3 nitrogen and oxygen atoms in total.